The molecule has 1 N–H and O–H groups in total. The van der Waals surface area contributed by atoms with E-state index >= 15 is 0 Å². The number of methoxy groups -OCH3 is 1. The number of ether oxygens (including phenoxy) is 2. The first-order valence-electron chi connectivity index (χ1n) is 9.76. The lowest BCUT2D eigenvalue weighted by Gasteiger charge is -2.31. The quantitative estimate of drug-likeness (QED) is 0.721. The smallest absolute Gasteiger partial charge is 0.260 e. The number of amides is 1. The van der Waals surface area contributed by atoms with Crippen LogP contribution in [0.25, 0.3) is 10.9 Å². The van der Waals surface area contributed by atoms with Crippen LogP contribution in [-0.2, 0) is 4.79 Å². The molecule has 0 radical (unpaired) electrons. The fourth-order valence-electron chi connectivity index (χ4n) is 3.79. The molecule has 1 amide bonds. The standard InChI is InChI=1S/C23H26N2O3/c1-16-3-5-19(6-4-16)28-15-23(26)25-11-9-17(10-12-25)22-14-18-13-20(27-2)7-8-21(18)24-22/h3-8,13-14,17,24H,9-12,15H2,1-2H3. The van der Waals surface area contributed by atoms with Crippen LogP contribution >= 0.6 is 0 Å². The monoisotopic (exact) mass is 378 g/mol. The molecule has 0 unspecified atom stereocenters. The summed E-state index contributed by atoms with van der Waals surface area (Å²) in [4.78, 5) is 17.9. The Kier molecular flexibility index (Phi) is 5.24. The van der Waals surface area contributed by atoms with Crippen LogP contribution in [0.3, 0.4) is 0 Å². The number of nitrogens with zero attached hydrogens (tertiary/aromatic N) is 1. The zero-order valence-corrected chi connectivity index (χ0v) is 16.4. The lowest BCUT2D eigenvalue weighted by atomic mass is 9.93. The maximum Gasteiger partial charge on any atom is 0.260 e. The Morgan fingerprint density at radius 3 is 2.50 bits per heavy atom. The van der Waals surface area contributed by atoms with Gasteiger partial charge in [0, 0.05) is 35.6 Å². The highest BCUT2D eigenvalue weighted by molar-refractivity contribution is 5.82. The number of likely N-dealkylation sites (tertiary alicyclic amines) is 1. The Labute approximate surface area is 165 Å². The van der Waals surface area contributed by atoms with Crippen LogP contribution in [0.5, 0.6) is 11.5 Å². The van der Waals surface area contributed by atoms with Gasteiger partial charge < -0.3 is 19.4 Å². The lowest BCUT2D eigenvalue weighted by Crippen LogP contribution is -2.40. The second-order valence-electron chi connectivity index (χ2n) is 7.43. The third-order valence-electron chi connectivity index (χ3n) is 5.52. The normalized spacial score (nSPS) is 15.0. The summed E-state index contributed by atoms with van der Waals surface area (Å²) in [5.74, 6) is 2.11. The van der Waals surface area contributed by atoms with Gasteiger partial charge in [-0.15, -0.1) is 0 Å². The number of fused-ring (bicyclic) bond motifs is 1. The van der Waals surface area contributed by atoms with Gasteiger partial charge >= 0.3 is 0 Å². The van der Waals surface area contributed by atoms with Crippen molar-refractivity contribution in [2.75, 3.05) is 26.8 Å². The van der Waals surface area contributed by atoms with Crippen LogP contribution in [0, 0.1) is 6.92 Å². The van der Waals surface area contributed by atoms with E-state index < -0.39 is 0 Å². The number of piperidine rings is 1. The molecule has 5 nitrogen and oxygen atoms in total. The summed E-state index contributed by atoms with van der Waals surface area (Å²) in [6.07, 6.45) is 1.92. The summed E-state index contributed by atoms with van der Waals surface area (Å²) >= 11 is 0. The van der Waals surface area contributed by atoms with Crippen molar-refractivity contribution >= 4 is 16.8 Å². The van der Waals surface area contributed by atoms with Gasteiger partial charge in [-0.25, -0.2) is 0 Å². The zero-order valence-electron chi connectivity index (χ0n) is 16.4. The Balaban J connectivity index is 1.32. The first kappa shape index (κ1) is 18.4. The Morgan fingerprint density at radius 2 is 1.79 bits per heavy atom. The molecule has 1 aromatic heterocycles. The molecule has 1 aliphatic rings. The van der Waals surface area contributed by atoms with Crippen molar-refractivity contribution in [3.05, 3.63) is 59.8 Å². The number of rotatable bonds is 5. The summed E-state index contributed by atoms with van der Waals surface area (Å²) in [5, 5.41) is 1.17. The fraction of sp³-hybridized carbons (Fsp3) is 0.348. The van der Waals surface area contributed by atoms with E-state index in [-0.39, 0.29) is 12.5 Å². The van der Waals surface area contributed by atoms with Gasteiger partial charge in [0.25, 0.3) is 5.91 Å². The van der Waals surface area contributed by atoms with Crippen molar-refractivity contribution in [3.63, 3.8) is 0 Å². The molecule has 0 bridgehead atoms. The van der Waals surface area contributed by atoms with Gasteiger partial charge in [-0.05, 0) is 56.2 Å². The molecule has 0 aliphatic carbocycles. The molecule has 28 heavy (non-hydrogen) atoms. The number of carbonyl (C=O) groups excluding carboxylic acids is 1. The number of carbonyl (C=O) groups is 1. The third-order valence-corrected chi connectivity index (χ3v) is 5.52. The molecule has 5 heteroatoms. The van der Waals surface area contributed by atoms with E-state index in [1.807, 2.05) is 42.2 Å². The van der Waals surface area contributed by atoms with Crippen LogP contribution in [0.4, 0.5) is 0 Å². The van der Waals surface area contributed by atoms with Crippen LogP contribution in [0.2, 0.25) is 0 Å². The van der Waals surface area contributed by atoms with E-state index in [0.717, 1.165) is 42.9 Å². The summed E-state index contributed by atoms with van der Waals surface area (Å²) < 4.78 is 10.9. The molecule has 146 valence electrons. The number of aromatic amines is 1. The van der Waals surface area contributed by atoms with E-state index in [4.69, 9.17) is 9.47 Å². The van der Waals surface area contributed by atoms with Gasteiger partial charge in [0.1, 0.15) is 11.5 Å². The average Bonchev–Trinajstić information content (AvgIpc) is 3.16. The predicted molar refractivity (Wildman–Crippen MR) is 110 cm³/mol. The van der Waals surface area contributed by atoms with E-state index in [2.05, 4.69) is 23.2 Å². The number of H-pyrrole nitrogens is 1. The van der Waals surface area contributed by atoms with E-state index in [9.17, 15) is 4.79 Å². The number of hydrogen-bond acceptors (Lipinski definition) is 3. The van der Waals surface area contributed by atoms with Gasteiger partial charge in [0.2, 0.25) is 0 Å². The van der Waals surface area contributed by atoms with E-state index in [1.165, 1.54) is 16.6 Å². The van der Waals surface area contributed by atoms with Crippen LogP contribution < -0.4 is 9.47 Å². The Hall–Kier alpha value is -2.95. The Bertz CT molecular complexity index is 954. The molecule has 0 spiro atoms. The zero-order chi connectivity index (χ0) is 19.5. The van der Waals surface area contributed by atoms with Gasteiger partial charge in [0.15, 0.2) is 6.61 Å². The number of aromatic nitrogens is 1. The second-order valence-corrected chi connectivity index (χ2v) is 7.43. The van der Waals surface area contributed by atoms with Crippen molar-refractivity contribution in [1.29, 1.82) is 0 Å². The number of nitrogens with one attached hydrogen (secondary N) is 1. The second kappa shape index (κ2) is 7.97. The number of aryl methyl sites for hydroxylation is 1. The Morgan fingerprint density at radius 1 is 1.07 bits per heavy atom. The molecule has 2 aromatic carbocycles. The summed E-state index contributed by atoms with van der Waals surface area (Å²) in [6, 6.07) is 16.1. The van der Waals surface area contributed by atoms with Gasteiger partial charge in [-0.1, -0.05) is 17.7 Å². The molecule has 1 saturated heterocycles. The number of benzene rings is 2. The van der Waals surface area contributed by atoms with Crippen molar-refractivity contribution < 1.29 is 14.3 Å². The summed E-state index contributed by atoms with van der Waals surface area (Å²) in [6.45, 7) is 3.65. The molecule has 0 atom stereocenters. The van der Waals surface area contributed by atoms with Crippen molar-refractivity contribution in [2.45, 2.75) is 25.7 Å². The maximum absolute atomic E-state index is 12.5. The maximum atomic E-state index is 12.5. The van der Waals surface area contributed by atoms with Crippen molar-refractivity contribution in [3.8, 4) is 11.5 Å². The first-order chi connectivity index (χ1) is 13.6. The minimum absolute atomic E-state index is 0.0559. The molecule has 1 fully saturated rings. The molecular formula is C23H26N2O3. The largest absolute Gasteiger partial charge is 0.497 e. The molecule has 0 saturated carbocycles. The van der Waals surface area contributed by atoms with Gasteiger partial charge in [-0.2, -0.15) is 0 Å². The van der Waals surface area contributed by atoms with Crippen LogP contribution in [0.15, 0.2) is 48.5 Å². The average molecular weight is 378 g/mol. The lowest BCUT2D eigenvalue weighted by molar-refractivity contribution is -0.134. The molecular weight excluding hydrogens is 352 g/mol. The minimum Gasteiger partial charge on any atom is -0.497 e. The van der Waals surface area contributed by atoms with Crippen LogP contribution in [-0.4, -0.2) is 42.6 Å². The van der Waals surface area contributed by atoms with Gasteiger partial charge in [0.05, 0.1) is 7.11 Å². The number of hydrogen-bond donors (Lipinski definition) is 1. The molecule has 4 rings (SSSR count). The van der Waals surface area contributed by atoms with E-state index in [1.54, 1.807) is 7.11 Å². The third kappa shape index (κ3) is 3.98. The highest BCUT2D eigenvalue weighted by atomic mass is 16.5. The minimum atomic E-state index is 0.0559. The predicted octanol–water partition coefficient (Wildman–Crippen LogP) is 4.27. The summed E-state index contributed by atoms with van der Waals surface area (Å²) in [7, 11) is 1.68. The highest BCUT2D eigenvalue weighted by Crippen LogP contribution is 2.31. The fourth-order valence-corrected chi connectivity index (χ4v) is 3.79. The molecule has 3 aromatic rings. The van der Waals surface area contributed by atoms with Crippen LogP contribution in [0.1, 0.15) is 30.0 Å². The first-order valence-corrected chi connectivity index (χ1v) is 9.76. The topological polar surface area (TPSA) is 54.6 Å². The van der Waals surface area contributed by atoms with E-state index in [0.29, 0.717) is 5.92 Å². The van der Waals surface area contributed by atoms with Gasteiger partial charge in [-0.3, -0.25) is 4.79 Å². The molecule has 2 heterocycles. The highest BCUT2D eigenvalue weighted by Gasteiger charge is 2.25. The summed E-state index contributed by atoms with van der Waals surface area (Å²) in [5.41, 5.74) is 3.54. The van der Waals surface area contributed by atoms with Crippen molar-refractivity contribution in [2.24, 2.45) is 0 Å². The van der Waals surface area contributed by atoms with Crippen molar-refractivity contribution in [1.82, 2.24) is 9.88 Å². The molecule has 1 aliphatic heterocycles. The SMILES string of the molecule is COc1ccc2[nH]c(C3CCN(C(=O)COc4ccc(C)cc4)CC3)cc2c1.